The number of aliphatic hydroxyl groups excluding tert-OH is 3. The summed E-state index contributed by atoms with van der Waals surface area (Å²) in [7, 11) is 0. The topological polar surface area (TPSA) is 169 Å². The van der Waals surface area contributed by atoms with E-state index in [4.69, 9.17) is 14.2 Å². The molecule has 2 aliphatic heterocycles. The normalized spacial score (nSPS) is 32.8. The van der Waals surface area contributed by atoms with Crippen LogP contribution >= 0.6 is 0 Å². The third-order valence-electron chi connectivity index (χ3n) is 5.61. The van der Waals surface area contributed by atoms with E-state index in [1.54, 1.807) is 0 Å². The summed E-state index contributed by atoms with van der Waals surface area (Å²) in [6.07, 6.45) is -8.15. The van der Waals surface area contributed by atoms with Gasteiger partial charge in [0.15, 0.2) is 23.9 Å². The molecule has 2 aromatic carbocycles. The highest BCUT2D eigenvalue weighted by molar-refractivity contribution is 5.52. The minimum atomic E-state index is -1.55. The van der Waals surface area contributed by atoms with Gasteiger partial charge >= 0.3 is 0 Å². The maximum Gasteiger partial charge on any atom is 0.187 e. The lowest BCUT2D eigenvalue weighted by Gasteiger charge is -2.42. The van der Waals surface area contributed by atoms with Crippen LogP contribution in [0.25, 0.3) is 0 Å². The van der Waals surface area contributed by atoms with Gasteiger partial charge in [0.2, 0.25) is 0 Å². The molecule has 1 fully saturated rings. The number of rotatable bonds is 3. The van der Waals surface area contributed by atoms with Crippen LogP contribution in [0.1, 0.15) is 24.2 Å². The first kappa shape index (κ1) is 21.5. The predicted molar refractivity (Wildman–Crippen MR) is 104 cm³/mol. The molecule has 0 aliphatic carbocycles. The Bertz CT molecular complexity index is 963. The maximum absolute atomic E-state index is 10.3. The summed E-state index contributed by atoms with van der Waals surface area (Å²) in [4.78, 5) is 0. The van der Waals surface area contributed by atoms with Crippen LogP contribution in [-0.2, 0) is 15.9 Å². The molecule has 2 aromatic rings. The van der Waals surface area contributed by atoms with Gasteiger partial charge in [-0.2, -0.15) is 0 Å². The second-order valence-electron chi connectivity index (χ2n) is 7.79. The van der Waals surface area contributed by atoms with Gasteiger partial charge in [0.05, 0.1) is 6.10 Å². The molecule has 10 nitrogen and oxygen atoms in total. The van der Waals surface area contributed by atoms with Crippen molar-refractivity contribution in [3.63, 3.8) is 0 Å². The van der Waals surface area contributed by atoms with E-state index in [1.807, 2.05) is 0 Å². The molecule has 0 bridgehead atoms. The Labute approximate surface area is 177 Å². The van der Waals surface area contributed by atoms with E-state index in [0.29, 0.717) is 11.1 Å². The van der Waals surface area contributed by atoms with Crippen molar-refractivity contribution < 1.29 is 50.0 Å². The highest BCUT2D eigenvalue weighted by Crippen LogP contribution is 2.44. The van der Waals surface area contributed by atoms with E-state index in [9.17, 15) is 35.7 Å². The minimum Gasteiger partial charge on any atom is -0.508 e. The number of ether oxygens (including phenoxy) is 3. The Kier molecular flexibility index (Phi) is 5.58. The van der Waals surface area contributed by atoms with Crippen molar-refractivity contribution in [1.29, 1.82) is 0 Å². The fraction of sp³-hybridized carbons (Fsp3) is 0.429. The zero-order valence-electron chi connectivity index (χ0n) is 16.5. The molecule has 2 aliphatic rings. The molecule has 0 unspecified atom stereocenters. The summed E-state index contributed by atoms with van der Waals surface area (Å²) < 4.78 is 17.4. The number of aromatic hydroxyl groups is 4. The average Bonchev–Trinajstić information content (AvgIpc) is 2.72. The van der Waals surface area contributed by atoms with Crippen LogP contribution in [0.3, 0.4) is 0 Å². The van der Waals surface area contributed by atoms with Gasteiger partial charge in [-0.25, -0.2) is 0 Å². The number of fused-ring (bicyclic) bond motifs is 1. The van der Waals surface area contributed by atoms with Crippen LogP contribution in [0.2, 0.25) is 0 Å². The second-order valence-corrected chi connectivity index (χ2v) is 7.79. The van der Waals surface area contributed by atoms with Gasteiger partial charge in [-0.3, -0.25) is 0 Å². The molecule has 1 saturated heterocycles. The Balaban J connectivity index is 1.69. The van der Waals surface area contributed by atoms with Crippen LogP contribution in [-0.4, -0.2) is 72.6 Å². The minimum absolute atomic E-state index is 0.0767. The fourth-order valence-corrected chi connectivity index (χ4v) is 3.87. The van der Waals surface area contributed by atoms with Crippen LogP contribution in [0, 0.1) is 0 Å². The Hall–Kier alpha value is -2.76. The van der Waals surface area contributed by atoms with Gasteiger partial charge in [0, 0.05) is 24.1 Å². The third-order valence-corrected chi connectivity index (χ3v) is 5.61. The molecular weight excluding hydrogens is 412 g/mol. The van der Waals surface area contributed by atoms with Gasteiger partial charge in [0.1, 0.15) is 41.7 Å². The summed E-state index contributed by atoms with van der Waals surface area (Å²) in [6, 6.07) is 6.54. The van der Waals surface area contributed by atoms with E-state index < -0.39 is 42.9 Å². The number of hydrogen-bond donors (Lipinski definition) is 7. The molecule has 4 rings (SSSR count). The van der Waals surface area contributed by atoms with Crippen molar-refractivity contribution in [3.05, 3.63) is 41.5 Å². The summed E-state index contributed by atoms with van der Waals surface area (Å²) in [6.45, 7) is 1.52. The molecule has 0 spiro atoms. The van der Waals surface area contributed by atoms with Crippen molar-refractivity contribution in [1.82, 2.24) is 0 Å². The van der Waals surface area contributed by atoms with Crippen LogP contribution in [0.15, 0.2) is 30.3 Å². The fourth-order valence-electron chi connectivity index (χ4n) is 3.87. The lowest BCUT2D eigenvalue weighted by atomic mass is 9.93. The maximum atomic E-state index is 10.3. The quantitative estimate of drug-likeness (QED) is 0.334. The zero-order valence-corrected chi connectivity index (χ0v) is 16.5. The monoisotopic (exact) mass is 436 g/mol. The lowest BCUT2D eigenvalue weighted by molar-refractivity contribution is -0.310. The smallest absolute Gasteiger partial charge is 0.187 e. The van der Waals surface area contributed by atoms with Crippen molar-refractivity contribution in [2.75, 3.05) is 0 Å². The number of aliphatic hydroxyl groups is 3. The lowest BCUT2D eigenvalue weighted by Crippen LogP contribution is -2.58. The van der Waals surface area contributed by atoms with Gasteiger partial charge in [0.25, 0.3) is 0 Å². The number of phenolic OH excluding ortho intramolecular Hbond substituents is 4. The standard InChI is InChI=1S/C21H24O10/c1-8-17(26)18(27)19(28)21(29-8)31-16-7-11-13(24)5-10(22)6-15(11)30-20(16)9-2-3-12(23)14(25)4-9/h2-6,8,16-28H,7H2,1H3/t8-,16-,17-,18+,19+,20+,21+/m0/s1. The molecule has 31 heavy (non-hydrogen) atoms. The van der Waals surface area contributed by atoms with Crippen molar-refractivity contribution in [3.8, 4) is 28.7 Å². The van der Waals surface area contributed by atoms with Crippen molar-refractivity contribution in [2.24, 2.45) is 0 Å². The third kappa shape index (κ3) is 3.95. The Morgan fingerprint density at radius 3 is 2.32 bits per heavy atom. The molecule has 0 saturated carbocycles. The van der Waals surface area contributed by atoms with Gasteiger partial charge < -0.3 is 50.0 Å². The molecule has 7 atom stereocenters. The Morgan fingerprint density at radius 2 is 1.61 bits per heavy atom. The summed E-state index contributed by atoms with van der Waals surface area (Å²) in [5, 5.41) is 69.9. The van der Waals surface area contributed by atoms with Crippen molar-refractivity contribution in [2.45, 2.75) is 56.3 Å². The van der Waals surface area contributed by atoms with E-state index in [2.05, 4.69) is 0 Å². The molecule has 0 radical (unpaired) electrons. The van der Waals surface area contributed by atoms with E-state index >= 15 is 0 Å². The summed E-state index contributed by atoms with van der Waals surface area (Å²) in [5.74, 6) is -0.941. The molecule has 7 N–H and O–H groups in total. The molecular formula is C21H24O10. The molecule has 10 heteroatoms. The first-order chi connectivity index (χ1) is 14.7. The molecule has 0 aromatic heterocycles. The largest absolute Gasteiger partial charge is 0.508 e. The number of hydrogen-bond acceptors (Lipinski definition) is 10. The Morgan fingerprint density at radius 1 is 0.871 bits per heavy atom. The average molecular weight is 436 g/mol. The van der Waals surface area contributed by atoms with E-state index in [1.165, 1.54) is 31.2 Å². The second kappa shape index (κ2) is 8.06. The number of phenols is 4. The summed E-state index contributed by atoms with van der Waals surface area (Å²) in [5.41, 5.74) is 0.758. The molecule has 168 valence electrons. The van der Waals surface area contributed by atoms with Crippen LogP contribution in [0.5, 0.6) is 28.7 Å². The predicted octanol–water partition coefficient (Wildman–Crippen LogP) is 0.398. The SMILES string of the molecule is C[C@@H]1O[C@H](O[C@H]2Cc3c(O)cc(O)cc3O[C@@H]2c2ccc(O)c(O)c2)[C@H](O)[C@H](O)[C@H]1O. The van der Waals surface area contributed by atoms with Gasteiger partial charge in [-0.15, -0.1) is 0 Å². The first-order valence-electron chi connectivity index (χ1n) is 9.74. The zero-order chi connectivity index (χ0) is 22.4. The summed E-state index contributed by atoms with van der Waals surface area (Å²) >= 11 is 0. The van der Waals surface area contributed by atoms with Crippen LogP contribution in [0.4, 0.5) is 0 Å². The van der Waals surface area contributed by atoms with E-state index in [0.717, 1.165) is 6.07 Å². The highest BCUT2D eigenvalue weighted by atomic mass is 16.7. The van der Waals surface area contributed by atoms with Gasteiger partial charge in [-0.1, -0.05) is 6.07 Å². The highest BCUT2D eigenvalue weighted by Gasteiger charge is 2.45. The molecule has 0 amide bonds. The first-order valence-corrected chi connectivity index (χ1v) is 9.74. The van der Waals surface area contributed by atoms with Crippen LogP contribution < -0.4 is 4.74 Å². The molecule has 2 heterocycles. The number of benzene rings is 2. The van der Waals surface area contributed by atoms with E-state index in [-0.39, 0.29) is 35.2 Å². The van der Waals surface area contributed by atoms with Crippen molar-refractivity contribution >= 4 is 0 Å². The van der Waals surface area contributed by atoms with Gasteiger partial charge in [-0.05, 0) is 24.6 Å².